The number of halogens is 1. The van der Waals surface area contributed by atoms with Crippen LogP contribution in [-0.2, 0) is 6.42 Å². The lowest BCUT2D eigenvalue weighted by Gasteiger charge is -2.29. The number of rotatable bonds is 17. The van der Waals surface area contributed by atoms with Gasteiger partial charge in [0.2, 0.25) is 0 Å². The second-order valence-corrected chi connectivity index (χ2v) is 16.0. The molecule has 3 aromatic heterocycles. The molecule has 2 aromatic carbocycles. The van der Waals surface area contributed by atoms with Crippen molar-refractivity contribution < 1.29 is 19.0 Å². The maximum absolute atomic E-state index is 14.8. The summed E-state index contributed by atoms with van der Waals surface area (Å²) >= 11 is 2.87. The summed E-state index contributed by atoms with van der Waals surface area (Å²) in [6.45, 7) is 6.43. The maximum Gasteiger partial charge on any atom is 0.355 e. The summed E-state index contributed by atoms with van der Waals surface area (Å²) in [7, 11) is 6.01. The Morgan fingerprint density at radius 2 is 1.89 bits per heavy atom. The lowest BCUT2D eigenvalue weighted by Crippen LogP contribution is -2.41. The molecule has 6 rings (SSSR count). The first-order valence-electron chi connectivity index (χ1n) is 18.6. The fourth-order valence-corrected chi connectivity index (χ4v) is 8.17. The summed E-state index contributed by atoms with van der Waals surface area (Å²) in [6, 6.07) is 15.1. The number of hydrogen-bond acceptors (Lipinski definition) is 13. The molecule has 0 saturated carbocycles. The number of para-hydroxylation sites is 1. The molecule has 1 saturated heterocycles. The fourth-order valence-electron chi connectivity index (χ4n) is 6.18. The van der Waals surface area contributed by atoms with Gasteiger partial charge in [0.15, 0.2) is 39.2 Å². The number of likely N-dealkylation sites (tertiary alicyclic amines) is 1. The van der Waals surface area contributed by atoms with E-state index in [2.05, 4.69) is 54.6 Å². The monoisotopic (exact) mass is 785 g/mol. The van der Waals surface area contributed by atoms with E-state index >= 15 is 0 Å². The molecular weight excluding hydrogens is 738 g/mol. The summed E-state index contributed by atoms with van der Waals surface area (Å²) in [4.78, 5) is 28.6. The minimum atomic E-state index is -1.10. The number of piperidine rings is 1. The average molecular weight is 786 g/mol. The normalized spacial score (nSPS) is 13.6. The van der Waals surface area contributed by atoms with E-state index in [4.69, 9.17) is 4.74 Å². The summed E-state index contributed by atoms with van der Waals surface area (Å²) in [6.07, 6.45) is 4.94. The Morgan fingerprint density at radius 3 is 2.64 bits per heavy atom. The number of ether oxygens (including phenoxy) is 1. The molecular formula is C40H48FN9O3S2. The molecule has 5 aromatic rings. The Labute approximate surface area is 329 Å². The Kier molecular flexibility index (Phi) is 14.0. The van der Waals surface area contributed by atoms with E-state index in [1.54, 1.807) is 23.5 Å². The van der Waals surface area contributed by atoms with Gasteiger partial charge in [-0.3, -0.25) is 4.90 Å². The van der Waals surface area contributed by atoms with Crippen LogP contribution in [0.5, 0.6) is 5.75 Å². The highest BCUT2D eigenvalue weighted by molar-refractivity contribution is 7.22. The molecule has 0 atom stereocenters. The van der Waals surface area contributed by atoms with Crippen LogP contribution in [0.1, 0.15) is 58.6 Å². The van der Waals surface area contributed by atoms with Crippen molar-refractivity contribution in [2.24, 2.45) is 0 Å². The number of unbranched alkanes of at least 4 members (excludes halogenated alkanes) is 1. The van der Waals surface area contributed by atoms with E-state index < -0.39 is 11.8 Å². The first kappa shape index (κ1) is 40.0. The molecule has 0 radical (unpaired) electrons. The van der Waals surface area contributed by atoms with Crippen LogP contribution in [-0.4, -0.2) is 108 Å². The van der Waals surface area contributed by atoms with Gasteiger partial charge >= 0.3 is 5.97 Å². The van der Waals surface area contributed by atoms with E-state index in [1.165, 1.54) is 17.4 Å². The second-order valence-electron chi connectivity index (χ2n) is 13.9. The number of benzene rings is 2. The zero-order valence-electron chi connectivity index (χ0n) is 31.8. The van der Waals surface area contributed by atoms with Gasteiger partial charge in [-0.25, -0.2) is 19.2 Å². The molecule has 4 heterocycles. The van der Waals surface area contributed by atoms with Crippen molar-refractivity contribution in [1.29, 1.82) is 0 Å². The van der Waals surface area contributed by atoms with Crippen LogP contribution < -0.4 is 20.3 Å². The first-order valence-corrected chi connectivity index (χ1v) is 20.2. The van der Waals surface area contributed by atoms with Gasteiger partial charge in [-0.15, -0.1) is 21.5 Å². The minimum Gasteiger partial charge on any atom is -0.491 e. The van der Waals surface area contributed by atoms with Crippen LogP contribution in [0.2, 0.25) is 0 Å². The number of nitrogens with zero attached hydrogens (tertiary/aromatic N) is 7. The SMILES string of the molecule is Cc1cc(N(CCCCNC2CCN(C)CC2)c2nc(C(=O)O)c(CCCOc3ccc(C#CCN(C)C)cc3F)s2)nnc1Nc1nc2ccccc2s1. The molecule has 12 nitrogen and oxygen atoms in total. The number of aromatic nitrogens is 4. The second kappa shape index (κ2) is 19.2. The molecule has 0 spiro atoms. The van der Waals surface area contributed by atoms with Crippen LogP contribution in [0.15, 0.2) is 48.5 Å². The van der Waals surface area contributed by atoms with Crippen LogP contribution in [0.4, 0.5) is 26.3 Å². The lowest BCUT2D eigenvalue weighted by atomic mass is 10.1. The van der Waals surface area contributed by atoms with Crippen LogP contribution in [0.3, 0.4) is 0 Å². The van der Waals surface area contributed by atoms with Gasteiger partial charge in [0.1, 0.15) is 0 Å². The predicted molar refractivity (Wildman–Crippen MR) is 219 cm³/mol. The van der Waals surface area contributed by atoms with Gasteiger partial charge in [-0.1, -0.05) is 35.3 Å². The third-order valence-electron chi connectivity index (χ3n) is 9.21. The van der Waals surface area contributed by atoms with Gasteiger partial charge in [0, 0.05) is 23.0 Å². The van der Waals surface area contributed by atoms with Crippen molar-refractivity contribution in [2.75, 3.05) is 70.7 Å². The largest absolute Gasteiger partial charge is 0.491 e. The van der Waals surface area contributed by atoms with Gasteiger partial charge in [-0.05, 0) is 128 Å². The van der Waals surface area contributed by atoms with Crippen LogP contribution in [0.25, 0.3) is 10.2 Å². The van der Waals surface area contributed by atoms with E-state index in [9.17, 15) is 14.3 Å². The third kappa shape index (κ3) is 11.2. The molecule has 0 bridgehead atoms. The number of aromatic carboxylic acids is 1. The highest BCUT2D eigenvalue weighted by Gasteiger charge is 2.24. The summed E-state index contributed by atoms with van der Waals surface area (Å²) in [5, 5.41) is 27.6. The minimum absolute atomic E-state index is 0.000399. The van der Waals surface area contributed by atoms with Crippen LogP contribution in [0, 0.1) is 24.6 Å². The smallest absolute Gasteiger partial charge is 0.355 e. The molecule has 0 amide bonds. The molecule has 3 N–H and O–H groups in total. The number of fused-ring (bicyclic) bond motifs is 1. The predicted octanol–water partition coefficient (Wildman–Crippen LogP) is 6.96. The maximum atomic E-state index is 14.8. The summed E-state index contributed by atoms with van der Waals surface area (Å²) in [5.41, 5.74) is 2.36. The molecule has 1 fully saturated rings. The topological polar surface area (TPSA) is 132 Å². The van der Waals surface area contributed by atoms with Gasteiger partial charge < -0.3 is 30.3 Å². The molecule has 0 aliphatic carbocycles. The molecule has 1 aliphatic rings. The fraction of sp³-hybridized carbons (Fsp3) is 0.425. The number of thiazole rings is 2. The quantitative estimate of drug-likeness (QED) is 0.0666. The van der Waals surface area contributed by atoms with Crippen molar-refractivity contribution in [1.82, 2.24) is 35.3 Å². The third-order valence-corrected chi connectivity index (χ3v) is 11.3. The lowest BCUT2D eigenvalue weighted by molar-refractivity contribution is 0.0690. The Morgan fingerprint density at radius 1 is 1.07 bits per heavy atom. The van der Waals surface area contributed by atoms with Crippen molar-refractivity contribution >= 4 is 60.8 Å². The molecule has 1 aliphatic heterocycles. The molecule has 290 valence electrons. The number of carbonyl (C=O) groups is 1. The highest BCUT2D eigenvalue weighted by Crippen LogP contribution is 2.34. The van der Waals surface area contributed by atoms with Crippen LogP contribution >= 0.6 is 22.7 Å². The first-order chi connectivity index (χ1) is 26.6. The molecule has 0 unspecified atom stereocenters. The zero-order chi connectivity index (χ0) is 38.7. The molecule has 55 heavy (non-hydrogen) atoms. The van der Waals surface area contributed by atoms with Crippen molar-refractivity contribution in [3.05, 3.63) is 76.0 Å². The Hall–Kier alpha value is -4.72. The highest BCUT2D eigenvalue weighted by atomic mass is 32.1. The van der Waals surface area contributed by atoms with E-state index in [0.29, 0.717) is 59.2 Å². The Bertz CT molecular complexity index is 2090. The van der Waals surface area contributed by atoms with Gasteiger partial charge in [0.25, 0.3) is 0 Å². The van der Waals surface area contributed by atoms with Gasteiger partial charge in [0.05, 0.1) is 23.4 Å². The summed E-state index contributed by atoms with van der Waals surface area (Å²) < 4.78 is 21.6. The number of anilines is 4. The average Bonchev–Trinajstić information content (AvgIpc) is 3.78. The number of hydrogen-bond donors (Lipinski definition) is 3. The van der Waals surface area contributed by atoms with E-state index in [1.807, 2.05) is 61.2 Å². The number of carboxylic acid groups (broad SMARTS) is 1. The van der Waals surface area contributed by atoms with E-state index in [0.717, 1.165) is 66.2 Å². The van der Waals surface area contributed by atoms with Crippen molar-refractivity contribution in [3.63, 3.8) is 0 Å². The Balaban J connectivity index is 1.14. The van der Waals surface area contributed by atoms with Crippen molar-refractivity contribution in [3.8, 4) is 17.6 Å². The zero-order valence-corrected chi connectivity index (χ0v) is 33.4. The van der Waals surface area contributed by atoms with Gasteiger partial charge in [-0.2, -0.15) is 0 Å². The van der Waals surface area contributed by atoms with E-state index in [-0.39, 0.29) is 18.1 Å². The summed E-state index contributed by atoms with van der Waals surface area (Å²) in [5.74, 6) is 5.68. The standard InChI is InChI=1S/C40H48FN9O3S2/c1-27-25-35(46-47-37(27)45-39-43-31-12-5-6-13-33(31)54-39)50(21-8-7-19-42-29-17-22-49(4)23-18-29)40-44-36(38(51)52)34(55-40)14-10-24-53-32-16-15-28(26-30(32)41)11-9-20-48(2)3/h5-6,12-13,15-16,25-26,29,42H,7-8,10,14,17-24H2,1-4H3,(H,51,52)(H,43,45,47). The number of carboxylic acids is 1. The molecule has 15 heteroatoms. The van der Waals surface area contributed by atoms with Crippen molar-refractivity contribution in [2.45, 2.75) is 51.5 Å². The number of nitrogens with one attached hydrogen (secondary N) is 2. The number of aryl methyl sites for hydroxylation is 2.